The second-order valence-electron chi connectivity index (χ2n) is 5.36. The second-order valence-corrected chi connectivity index (χ2v) is 6.84. The molecule has 1 aliphatic rings. The molecule has 2 heterocycles. The number of anilines is 1. The first-order chi connectivity index (χ1) is 11.6. The summed E-state index contributed by atoms with van der Waals surface area (Å²) >= 11 is 0. The molecule has 1 N–H and O–H groups in total. The lowest BCUT2D eigenvalue weighted by Gasteiger charge is -2.34. The molecule has 1 atom stereocenters. The molecule has 0 radical (unpaired) electrons. The minimum Gasteiger partial charge on any atom is -0.508 e. The molecule has 0 bridgehead atoms. The van der Waals surface area contributed by atoms with Crippen LogP contribution in [0.1, 0.15) is 19.4 Å². The summed E-state index contributed by atoms with van der Waals surface area (Å²) in [5.41, 5.74) is 0.912. The lowest BCUT2D eigenvalue weighted by molar-refractivity contribution is 0.408. The quantitative estimate of drug-likeness (QED) is 0.927. The van der Waals surface area contributed by atoms with Gasteiger partial charge in [0.15, 0.2) is 0 Å². The van der Waals surface area contributed by atoms with E-state index in [0.717, 1.165) is 24.5 Å². The number of aryl methyl sites for hydroxylation is 1. The normalized spacial score (nSPS) is 16.2. The van der Waals surface area contributed by atoms with Crippen LogP contribution in [0.5, 0.6) is 5.75 Å². The van der Waals surface area contributed by atoms with E-state index in [1.165, 1.54) is 0 Å². The molecule has 1 aromatic heterocycles. The van der Waals surface area contributed by atoms with E-state index in [1.54, 1.807) is 18.3 Å². The predicted octanol–water partition coefficient (Wildman–Crippen LogP) is 2.97. The Balaban J connectivity index is 0.00000100. The smallest absolute Gasteiger partial charge is 0.128 e. The van der Waals surface area contributed by atoms with Crippen LogP contribution in [0, 0.1) is 6.92 Å². The Bertz CT molecular complexity index is 651. The van der Waals surface area contributed by atoms with Crippen molar-refractivity contribution in [2.24, 2.45) is 0 Å². The van der Waals surface area contributed by atoms with Crippen LogP contribution in [0.4, 0.5) is 5.82 Å². The van der Waals surface area contributed by atoms with E-state index in [2.05, 4.69) is 9.88 Å². The minimum absolute atomic E-state index is 0.162. The van der Waals surface area contributed by atoms with Crippen LogP contribution in [-0.4, -0.2) is 44.8 Å². The fourth-order valence-corrected chi connectivity index (χ4v) is 3.90. The van der Waals surface area contributed by atoms with Crippen molar-refractivity contribution in [2.75, 3.05) is 31.1 Å². The highest BCUT2D eigenvalue weighted by Gasteiger charge is 2.23. The van der Waals surface area contributed by atoms with E-state index < -0.39 is 11.0 Å². The van der Waals surface area contributed by atoms with Crippen molar-refractivity contribution in [1.82, 2.24) is 9.29 Å². The van der Waals surface area contributed by atoms with E-state index in [-0.39, 0.29) is 5.75 Å². The summed E-state index contributed by atoms with van der Waals surface area (Å²) < 4.78 is 14.6. The summed E-state index contributed by atoms with van der Waals surface area (Å²) in [5, 5.41) is 9.66. The van der Waals surface area contributed by atoms with Gasteiger partial charge in [-0.3, -0.25) is 0 Å². The summed E-state index contributed by atoms with van der Waals surface area (Å²) in [6.07, 6.45) is 1.79. The number of hydrogen-bond donors (Lipinski definition) is 1. The molecule has 0 amide bonds. The molecular formula is C18H25N3O2S. The molecule has 1 unspecified atom stereocenters. The van der Waals surface area contributed by atoms with Gasteiger partial charge < -0.3 is 10.0 Å². The molecule has 6 heteroatoms. The molecular weight excluding hydrogens is 322 g/mol. The number of hydrogen-bond acceptors (Lipinski definition) is 4. The van der Waals surface area contributed by atoms with Gasteiger partial charge in [0.2, 0.25) is 0 Å². The summed E-state index contributed by atoms with van der Waals surface area (Å²) in [5.74, 6) is 1.12. The first-order valence-corrected chi connectivity index (χ1v) is 9.37. The molecule has 1 fully saturated rings. The van der Waals surface area contributed by atoms with Crippen LogP contribution in [0.15, 0.2) is 47.5 Å². The number of nitrogens with zero attached hydrogens (tertiary/aromatic N) is 3. The van der Waals surface area contributed by atoms with Gasteiger partial charge in [-0.15, -0.1) is 0 Å². The summed E-state index contributed by atoms with van der Waals surface area (Å²) in [6, 6.07) is 11.0. The third-order valence-corrected chi connectivity index (χ3v) is 5.16. The molecule has 0 aliphatic carbocycles. The third-order valence-electron chi connectivity index (χ3n) is 3.68. The Morgan fingerprint density at radius 3 is 2.38 bits per heavy atom. The van der Waals surface area contributed by atoms with Gasteiger partial charge in [0.1, 0.15) is 22.6 Å². The molecule has 2 aromatic rings. The van der Waals surface area contributed by atoms with E-state index in [4.69, 9.17) is 0 Å². The number of piperazine rings is 1. The number of aromatic nitrogens is 1. The van der Waals surface area contributed by atoms with Crippen molar-refractivity contribution in [1.29, 1.82) is 0 Å². The highest BCUT2D eigenvalue weighted by molar-refractivity contribution is 7.82. The zero-order valence-electron chi connectivity index (χ0n) is 14.5. The average Bonchev–Trinajstić information content (AvgIpc) is 2.63. The van der Waals surface area contributed by atoms with Crippen LogP contribution in [-0.2, 0) is 11.0 Å². The molecule has 1 aromatic carbocycles. The molecule has 1 aliphatic heterocycles. The first-order valence-electron chi connectivity index (χ1n) is 8.27. The third kappa shape index (κ3) is 4.55. The molecule has 0 spiro atoms. The van der Waals surface area contributed by atoms with Crippen molar-refractivity contribution in [3.05, 3.63) is 48.2 Å². The number of aromatic hydroxyl groups is 1. The molecule has 130 valence electrons. The maximum atomic E-state index is 12.6. The Hall–Kier alpha value is -1.92. The Kier molecular flexibility index (Phi) is 6.75. The summed E-state index contributed by atoms with van der Waals surface area (Å²) in [4.78, 5) is 7.20. The number of phenols is 1. The highest BCUT2D eigenvalue weighted by atomic mass is 32.2. The van der Waals surface area contributed by atoms with Gasteiger partial charge in [-0.1, -0.05) is 19.9 Å². The number of pyridine rings is 1. The van der Waals surface area contributed by atoms with Crippen LogP contribution in [0.25, 0.3) is 0 Å². The number of rotatable bonds is 3. The van der Waals surface area contributed by atoms with Gasteiger partial charge in [0, 0.05) is 32.4 Å². The van der Waals surface area contributed by atoms with Crippen molar-refractivity contribution in [2.45, 2.75) is 25.7 Å². The van der Waals surface area contributed by atoms with Crippen LogP contribution in [0.2, 0.25) is 0 Å². The standard InChI is InChI=1S/C16H19N3O2S.C2H6/c1-13-10-14(20)12-15(11-13)22(21)19-8-6-18(7-9-19)16-4-2-3-5-17-16;1-2/h2-5,10-12,20H,6-9H2,1H3;1-2H3. The van der Waals surface area contributed by atoms with Gasteiger partial charge in [0.05, 0.1) is 4.90 Å². The molecule has 1 saturated heterocycles. The largest absolute Gasteiger partial charge is 0.508 e. The zero-order chi connectivity index (χ0) is 17.5. The van der Waals surface area contributed by atoms with E-state index in [1.807, 2.05) is 49.3 Å². The topological polar surface area (TPSA) is 56.7 Å². The molecule has 3 rings (SSSR count). The van der Waals surface area contributed by atoms with Gasteiger partial charge in [-0.25, -0.2) is 13.5 Å². The Morgan fingerprint density at radius 1 is 1.08 bits per heavy atom. The maximum Gasteiger partial charge on any atom is 0.128 e. The summed E-state index contributed by atoms with van der Waals surface area (Å²) in [6.45, 7) is 8.89. The second kappa shape index (κ2) is 8.80. The minimum atomic E-state index is -1.24. The van der Waals surface area contributed by atoms with Gasteiger partial charge in [-0.2, -0.15) is 0 Å². The van der Waals surface area contributed by atoms with Gasteiger partial charge in [0.25, 0.3) is 0 Å². The Morgan fingerprint density at radius 2 is 1.79 bits per heavy atom. The van der Waals surface area contributed by atoms with E-state index in [0.29, 0.717) is 18.0 Å². The monoisotopic (exact) mass is 347 g/mol. The fraction of sp³-hybridized carbons (Fsp3) is 0.389. The molecule has 5 nitrogen and oxygen atoms in total. The molecule has 0 saturated carbocycles. The van der Waals surface area contributed by atoms with Gasteiger partial charge >= 0.3 is 0 Å². The van der Waals surface area contributed by atoms with Crippen molar-refractivity contribution in [3.8, 4) is 5.75 Å². The first kappa shape index (κ1) is 18.4. The van der Waals surface area contributed by atoms with E-state index >= 15 is 0 Å². The fourth-order valence-electron chi connectivity index (χ4n) is 2.60. The van der Waals surface area contributed by atoms with Crippen LogP contribution in [0.3, 0.4) is 0 Å². The summed E-state index contributed by atoms with van der Waals surface area (Å²) in [7, 11) is -1.24. The lowest BCUT2D eigenvalue weighted by Crippen LogP contribution is -2.47. The number of phenolic OH excluding ortho intramolecular Hbond substituents is 1. The predicted molar refractivity (Wildman–Crippen MR) is 98.6 cm³/mol. The average molecular weight is 347 g/mol. The number of benzene rings is 1. The zero-order valence-corrected chi connectivity index (χ0v) is 15.3. The van der Waals surface area contributed by atoms with Crippen molar-refractivity contribution < 1.29 is 9.32 Å². The highest BCUT2D eigenvalue weighted by Crippen LogP contribution is 2.21. The van der Waals surface area contributed by atoms with Crippen molar-refractivity contribution in [3.63, 3.8) is 0 Å². The van der Waals surface area contributed by atoms with Crippen molar-refractivity contribution >= 4 is 16.8 Å². The van der Waals surface area contributed by atoms with E-state index in [9.17, 15) is 9.32 Å². The maximum absolute atomic E-state index is 12.6. The van der Waals surface area contributed by atoms with Crippen LogP contribution < -0.4 is 4.90 Å². The Labute approximate surface area is 146 Å². The SMILES string of the molecule is CC.Cc1cc(O)cc(S(=O)N2CCN(c3ccccn3)CC2)c1. The van der Waals surface area contributed by atoms with Crippen LogP contribution >= 0.6 is 0 Å². The lowest BCUT2D eigenvalue weighted by atomic mass is 10.2. The molecule has 24 heavy (non-hydrogen) atoms. The van der Waals surface area contributed by atoms with Gasteiger partial charge in [-0.05, 0) is 42.8 Å².